The Bertz CT molecular complexity index is 1100. The predicted molar refractivity (Wildman–Crippen MR) is 108 cm³/mol. The topological polar surface area (TPSA) is 40.9 Å². The molecule has 3 heterocycles. The van der Waals surface area contributed by atoms with E-state index >= 15 is 0 Å². The van der Waals surface area contributed by atoms with Gasteiger partial charge in [-0.15, -0.1) is 0 Å². The minimum absolute atomic E-state index is 0.0989. The summed E-state index contributed by atoms with van der Waals surface area (Å²) in [7, 11) is 0. The first-order chi connectivity index (χ1) is 14.3. The third kappa shape index (κ3) is 4.71. The Balaban J connectivity index is 1.37. The fourth-order valence-electron chi connectivity index (χ4n) is 3.77. The highest BCUT2D eigenvalue weighted by molar-refractivity contribution is 5.41. The lowest BCUT2D eigenvalue weighted by Gasteiger charge is -2.34. The van der Waals surface area contributed by atoms with Gasteiger partial charge < -0.3 is 0 Å². The Morgan fingerprint density at radius 1 is 0.967 bits per heavy atom. The van der Waals surface area contributed by atoms with Crippen molar-refractivity contribution in [2.24, 2.45) is 0 Å². The van der Waals surface area contributed by atoms with Crippen molar-refractivity contribution in [3.63, 3.8) is 0 Å². The second-order valence-electron chi connectivity index (χ2n) is 7.77. The number of piperazine rings is 1. The van der Waals surface area contributed by atoms with Gasteiger partial charge in [0, 0.05) is 51.5 Å². The molecular weight excluding hydrogens is 393 g/mol. The number of pyridine rings is 1. The zero-order chi connectivity index (χ0) is 21.3. The van der Waals surface area contributed by atoms with Crippen LogP contribution < -0.4 is 5.56 Å². The molecule has 158 valence electrons. The van der Waals surface area contributed by atoms with E-state index in [1.54, 1.807) is 18.3 Å². The summed E-state index contributed by atoms with van der Waals surface area (Å²) in [5, 5.41) is 0. The van der Waals surface area contributed by atoms with Crippen LogP contribution in [0, 0.1) is 6.92 Å². The highest BCUT2D eigenvalue weighted by Crippen LogP contribution is 2.29. The van der Waals surface area contributed by atoms with Crippen molar-refractivity contribution < 1.29 is 13.2 Å². The molecule has 0 radical (unpaired) electrons. The van der Waals surface area contributed by atoms with Gasteiger partial charge in [-0.3, -0.25) is 19.0 Å². The van der Waals surface area contributed by atoms with Crippen molar-refractivity contribution in [3.05, 3.63) is 81.4 Å². The van der Waals surface area contributed by atoms with Crippen molar-refractivity contribution in [3.8, 4) is 0 Å². The van der Waals surface area contributed by atoms with Crippen molar-refractivity contribution in [2.75, 3.05) is 26.2 Å². The highest BCUT2D eigenvalue weighted by Gasteiger charge is 2.30. The van der Waals surface area contributed by atoms with Gasteiger partial charge in [0.15, 0.2) is 0 Å². The number of alkyl halides is 3. The van der Waals surface area contributed by atoms with Gasteiger partial charge in [-0.2, -0.15) is 13.2 Å². The average molecular weight is 416 g/mol. The van der Waals surface area contributed by atoms with Gasteiger partial charge in [-0.1, -0.05) is 18.2 Å². The van der Waals surface area contributed by atoms with Crippen LogP contribution >= 0.6 is 0 Å². The molecule has 0 bridgehead atoms. The minimum atomic E-state index is -4.32. The lowest BCUT2D eigenvalue weighted by atomic mass is 10.1. The molecule has 0 N–H and O–H groups in total. The smallest absolute Gasteiger partial charge is 0.297 e. The highest BCUT2D eigenvalue weighted by atomic mass is 19.4. The Morgan fingerprint density at radius 2 is 1.67 bits per heavy atom. The molecule has 1 aromatic carbocycles. The number of aromatic nitrogens is 2. The van der Waals surface area contributed by atoms with Crippen LogP contribution in [-0.4, -0.2) is 45.4 Å². The lowest BCUT2D eigenvalue weighted by molar-refractivity contribution is -0.137. The van der Waals surface area contributed by atoms with E-state index in [1.165, 1.54) is 16.5 Å². The number of benzene rings is 1. The van der Waals surface area contributed by atoms with E-state index in [-0.39, 0.29) is 5.56 Å². The van der Waals surface area contributed by atoms with E-state index < -0.39 is 11.7 Å². The Labute approximate surface area is 172 Å². The number of nitrogens with zero attached hydrogens (tertiary/aromatic N) is 4. The second-order valence-corrected chi connectivity index (χ2v) is 7.77. The minimum Gasteiger partial charge on any atom is -0.297 e. The third-order valence-corrected chi connectivity index (χ3v) is 5.39. The summed E-state index contributed by atoms with van der Waals surface area (Å²) < 4.78 is 40.2. The van der Waals surface area contributed by atoms with Gasteiger partial charge in [0.1, 0.15) is 5.65 Å². The molecule has 2 aromatic heterocycles. The van der Waals surface area contributed by atoms with Crippen LogP contribution in [0.25, 0.3) is 5.65 Å². The molecule has 3 aromatic rings. The molecule has 0 aliphatic carbocycles. The SMILES string of the molecule is Cc1ccn2c(=O)cc(CN3CCN(Cc4cccc(C(F)(F)F)c4)CC3)nc2c1. The van der Waals surface area contributed by atoms with Gasteiger partial charge in [0.05, 0.1) is 11.3 Å². The quantitative estimate of drug-likeness (QED) is 0.654. The molecule has 1 fully saturated rings. The number of fused-ring (bicyclic) bond motifs is 1. The van der Waals surface area contributed by atoms with E-state index in [0.29, 0.717) is 24.3 Å². The summed E-state index contributed by atoms with van der Waals surface area (Å²) in [6.45, 7) is 6.08. The Morgan fingerprint density at radius 3 is 2.37 bits per heavy atom. The molecule has 1 aliphatic rings. The molecule has 5 nitrogen and oxygen atoms in total. The molecule has 8 heteroatoms. The van der Waals surface area contributed by atoms with E-state index in [2.05, 4.69) is 14.8 Å². The van der Waals surface area contributed by atoms with Gasteiger partial charge >= 0.3 is 6.18 Å². The molecule has 0 unspecified atom stereocenters. The van der Waals surface area contributed by atoms with Crippen LogP contribution in [0.4, 0.5) is 13.2 Å². The first kappa shape index (κ1) is 20.6. The van der Waals surface area contributed by atoms with Gasteiger partial charge in [0.2, 0.25) is 0 Å². The van der Waals surface area contributed by atoms with Crippen LogP contribution in [0.15, 0.2) is 53.5 Å². The first-order valence-electron chi connectivity index (χ1n) is 9.88. The van der Waals surface area contributed by atoms with E-state index in [0.717, 1.165) is 43.5 Å². The molecule has 0 amide bonds. The molecular formula is C22H23F3N4O. The molecule has 0 atom stereocenters. The molecule has 0 spiro atoms. The second kappa shape index (κ2) is 8.20. The summed E-state index contributed by atoms with van der Waals surface area (Å²) in [4.78, 5) is 21.3. The van der Waals surface area contributed by atoms with Crippen LogP contribution in [0.1, 0.15) is 22.4 Å². The van der Waals surface area contributed by atoms with Crippen LogP contribution in [0.5, 0.6) is 0 Å². The molecule has 1 saturated heterocycles. The molecule has 30 heavy (non-hydrogen) atoms. The average Bonchev–Trinajstić information content (AvgIpc) is 2.69. The van der Waals surface area contributed by atoms with Gasteiger partial charge in [-0.25, -0.2) is 4.98 Å². The maximum absolute atomic E-state index is 12.9. The number of hydrogen-bond donors (Lipinski definition) is 0. The fraction of sp³-hybridized carbons (Fsp3) is 0.364. The van der Waals surface area contributed by atoms with E-state index in [9.17, 15) is 18.0 Å². The molecule has 4 rings (SSSR count). The number of hydrogen-bond acceptors (Lipinski definition) is 4. The summed E-state index contributed by atoms with van der Waals surface area (Å²) in [5.74, 6) is 0. The van der Waals surface area contributed by atoms with E-state index in [4.69, 9.17) is 0 Å². The maximum Gasteiger partial charge on any atom is 0.416 e. The van der Waals surface area contributed by atoms with Crippen molar-refractivity contribution >= 4 is 5.65 Å². The normalized spacial score (nSPS) is 16.3. The molecule has 0 saturated carbocycles. The van der Waals surface area contributed by atoms with Crippen LogP contribution in [-0.2, 0) is 19.3 Å². The van der Waals surface area contributed by atoms with Gasteiger partial charge in [0.25, 0.3) is 5.56 Å². The summed E-state index contributed by atoms with van der Waals surface area (Å²) in [5.41, 5.74) is 2.37. The third-order valence-electron chi connectivity index (χ3n) is 5.39. The van der Waals surface area contributed by atoms with Crippen LogP contribution in [0.3, 0.4) is 0 Å². The van der Waals surface area contributed by atoms with E-state index in [1.807, 2.05) is 19.1 Å². The van der Waals surface area contributed by atoms with Crippen LogP contribution in [0.2, 0.25) is 0 Å². The fourth-order valence-corrected chi connectivity index (χ4v) is 3.77. The van der Waals surface area contributed by atoms with Gasteiger partial charge in [-0.05, 0) is 36.2 Å². The Hall–Kier alpha value is -2.71. The number of rotatable bonds is 4. The first-order valence-corrected chi connectivity index (χ1v) is 9.88. The lowest BCUT2D eigenvalue weighted by Crippen LogP contribution is -2.45. The summed E-state index contributed by atoms with van der Waals surface area (Å²) >= 11 is 0. The number of aryl methyl sites for hydroxylation is 1. The largest absolute Gasteiger partial charge is 0.416 e. The standard InChI is InChI=1S/C22H23F3N4O/c1-16-5-6-29-20(11-16)26-19(13-21(29)30)15-28-9-7-27(8-10-28)14-17-3-2-4-18(12-17)22(23,24)25/h2-6,11-13H,7-10,14-15H2,1H3. The number of halogens is 3. The summed E-state index contributed by atoms with van der Waals surface area (Å²) in [6, 6.07) is 10.8. The monoisotopic (exact) mass is 416 g/mol. The predicted octanol–water partition coefficient (Wildman–Crippen LogP) is 3.34. The van der Waals surface area contributed by atoms with Crippen molar-refractivity contribution in [2.45, 2.75) is 26.2 Å². The summed E-state index contributed by atoms with van der Waals surface area (Å²) in [6.07, 6.45) is -2.59. The zero-order valence-corrected chi connectivity index (χ0v) is 16.7. The molecule has 1 aliphatic heterocycles. The zero-order valence-electron chi connectivity index (χ0n) is 16.7. The van der Waals surface area contributed by atoms with Crippen molar-refractivity contribution in [1.82, 2.24) is 19.2 Å². The maximum atomic E-state index is 12.9. The van der Waals surface area contributed by atoms with Crippen molar-refractivity contribution in [1.29, 1.82) is 0 Å². The Kier molecular flexibility index (Phi) is 5.62.